The van der Waals surface area contributed by atoms with Crippen LogP contribution in [0.25, 0.3) is 0 Å². The van der Waals surface area contributed by atoms with Crippen LogP contribution in [0.3, 0.4) is 0 Å². The molecular weight excluding hydrogens is 290 g/mol. The number of aliphatic hydroxyl groups excluding tert-OH is 2. The molecule has 0 aliphatic rings. The quantitative estimate of drug-likeness (QED) is 0.376. The van der Waals surface area contributed by atoms with E-state index in [1.54, 1.807) is 0 Å². The number of rotatable bonds is 16. The van der Waals surface area contributed by atoms with Gasteiger partial charge >= 0.3 is 0 Å². The van der Waals surface area contributed by atoms with Gasteiger partial charge in [-0.2, -0.15) is 0 Å². The first kappa shape index (κ1) is 22.4. The molecule has 4 nitrogen and oxygen atoms in total. The van der Waals surface area contributed by atoms with Crippen LogP contribution in [0.2, 0.25) is 0 Å². The van der Waals surface area contributed by atoms with Gasteiger partial charge < -0.3 is 15.5 Å². The van der Waals surface area contributed by atoms with E-state index in [4.69, 9.17) is 0 Å². The third-order valence-corrected chi connectivity index (χ3v) is 4.37. The van der Waals surface area contributed by atoms with Gasteiger partial charge in [0.2, 0.25) is 5.91 Å². The zero-order valence-corrected chi connectivity index (χ0v) is 15.4. The lowest BCUT2D eigenvalue weighted by Gasteiger charge is -2.22. The Morgan fingerprint density at radius 2 is 1.39 bits per heavy atom. The average molecular weight is 330 g/mol. The number of carbonyl (C=O) groups excluding carboxylic acids is 1. The predicted octanol–water partition coefficient (Wildman–Crippen LogP) is 3.94. The van der Waals surface area contributed by atoms with Gasteiger partial charge in [-0.1, -0.05) is 78.1 Å². The molecule has 4 heteroatoms. The predicted molar refractivity (Wildman–Crippen MR) is 96.4 cm³/mol. The highest BCUT2D eigenvalue weighted by molar-refractivity contribution is 5.76. The highest BCUT2D eigenvalue weighted by atomic mass is 16.3. The van der Waals surface area contributed by atoms with Gasteiger partial charge in [0.05, 0.1) is 18.8 Å². The molecule has 0 spiro atoms. The summed E-state index contributed by atoms with van der Waals surface area (Å²) in [7, 11) is 0. The third kappa shape index (κ3) is 13.5. The summed E-state index contributed by atoms with van der Waals surface area (Å²) >= 11 is 0. The Balaban J connectivity index is 3.77. The summed E-state index contributed by atoms with van der Waals surface area (Å²) in [4.78, 5) is 11.9. The van der Waals surface area contributed by atoms with Gasteiger partial charge in [-0.3, -0.25) is 4.79 Å². The Labute approximate surface area is 143 Å². The molecule has 2 unspecified atom stereocenters. The Bertz CT molecular complexity index is 271. The summed E-state index contributed by atoms with van der Waals surface area (Å²) in [6, 6.07) is -0.520. The Kier molecular flexibility index (Phi) is 15.8. The minimum Gasteiger partial charge on any atom is -0.394 e. The molecule has 0 aliphatic heterocycles. The molecule has 3 N–H and O–H groups in total. The van der Waals surface area contributed by atoms with Crippen molar-refractivity contribution < 1.29 is 15.0 Å². The molecule has 138 valence electrons. The minimum absolute atomic E-state index is 0.0532. The first-order valence-electron chi connectivity index (χ1n) is 9.73. The van der Waals surface area contributed by atoms with E-state index in [9.17, 15) is 15.0 Å². The molecule has 0 aromatic carbocycles. The Morgan fingerprint density at radius 3 is 1.96 bits per heavy atom. The van der Waals surface area contributed by atoms with Gasteiger partial charge in [0, 0.05) is 6.42 Å². The number of hydrogen-bond donors (Lipinski definition) is 3. The number of carbonyl (C=O) groups is 1. The van der Waals surface area contributed by atoms with Crippen LogP contribution in [0.4, 0.5) is 0 Å². The van der Waals surface area contributed by atoms with Crippen molar-refractivity contribution in [3.8, 4) is 0 Å². The van der Waals surface area contributed by atoms with Crippen LogP contribution in [0, 0.1) is 0 Å². The van der Waals surface area contributed by atoms with Crippen molar-refractivity contribution in [1.29, 1.82) is 0 Å². The second-order valence-corrected chi connectivity index (χ2v) is 6.64. The molecule has 0 aliphatic carbocycles. The summed E-state index contributed by atoms with van der Waals surface area (Å²) in [5.74, 6) is -0.0532. The maximum Gasteiger partial charge on any atom is 0.220 e. The van der Waals surface area contributed by atoms with Crippen molar-refractivity contribution in [3.05, 3.63) is 0 Å². The van der Waals surface area contributed by atoms with Crippen molar-refractivity contribution in [1.82, 2.24) is 5.32 Å². The van der Waals surface area contributed by atoms with Gasteiger partial charge in [-0.25, -0.2) is 0 Å². The molecule has 0 bridgehead atoms. The number of aliphatic hydroxyl groups is 2. The molecule has 0 fully saturated rings. The molecule has 23 heavy (non-hydrogen) atoms. The van der Waals surface area contributed by atoms with Gasteiger partial charge in [-0.05, 0) is 12.8 Å². The average Bonchev–Trinajstić information content (AvgIpc) is 2.55. The van der Waals surface area contributed by atoms with Crippen LogP contribution in [0.15, 0.2) is 0 Å². The van der Waals surface area contributed by atoms with Gasteiger partial charge in [-0.15, -0.1) is 0 Å². The molecule has 0 heterocycles. The van der Waals surface area contributed by atoms with E-state index in [1.165, 1.54) is 44.9 Å². The van der Waals surface area contributed by atoms with Crippen LogP contribution in [0.1, 0.15) is 97.3 Å². The lowest BCUT2D eigenvalue weighted by Crippen LogP contribution is -2.45. The van der Waals surface area contributed by atoms with E-state index in [2.05, 4.69) is 19.2 Å². The molecule has 0 radical (unpaired) electrons. The molecule has 0 aromatic rings. The molecule has 0 aromatic heterocycles. The second kappa shape index (κ2) is 16.3. The fourth-order valence-corrected chi connectivity index (χ4v) is 2.77. The molecule has 1 amide bonds. The number of hydrogen-bond acceptors (Lipinski definition) is 3. The summed E-state index contributed by atoms with van der Waals surface area (Å²) in [5, 5.41) is 22.3. The van der Waals surface area contributed by atoms with E-state index in [-0.39, 0.29) is 12.5 Å². The monoisotopic (exact) mass is 329 g/mol. The summed E-state index contributed by atoms with van der Waals surface area (Å²) in [6.45, 7) is 4.17. The lowest BCUT2D eigenvalue weighted by molar-refractivity contribution is -0.123. The van der Waals surface area contributed by atoms with Crippen molar-refractivity contribution in [3.63, 3.8) is 0 Å². The fourth-order valence-electron chi connectivity index (χ4n) is 2.77. The van der Waals surface area contributed by atoms with E-state index in [0.717, 1.165) is 25.7 Å². The van der Waals surface area contributed by atoms with Gasteiger partial charge in [0.1, 0.15) is 0 Å². The van der Waals surface area contributed by atoms with Gasteiger partial charge in [0.25, 0.3) is 0 Å². The summed E-state index contributed by atoms with van der Waals surface area (Å²) in [6.07, 6.45) is 13.1. The van der Waals surface area contributed by atoms with E-state index in [1.807, 2.05) is 0 Å². The normalized spacial score (nSPS) is 13.7. The number of nitrogens with one attached hydrogen (secondary N) is 1. The number of amides is 1. The van der Waals surface area contributed by atoms with E-state index >= 15 is 0 Å². The first-order valence-corrected chi connectivity index (χ1v) is 9.73. The zero-order chi connectivity index (χ0) is 17.3. The van der Waals surface area contributed by atoms with Gasteiger partial charge in [0.15, 0.2) is 0 Å². The SMILES string of the molecule is CCCCCCCCC(O)C(CO)NC(=O)CCCCCCC. The number of unbranched alkanes of at least 4 members (excludes halogenated alkanes) is 9. The first-order chi connectivity index (χ1) is 11.2. The van der Waals surface area contributed by atoms with Crippen LogP contribution < -0.4 is 5.32 Å². The van der Waals surface area contributed by atoms with Crippen LogP contribution in [0.5, 0.6) is 0 Å². The minimum atomic E-state index is -0.643. The second-order valence-electron chi connectivity index (χ2n) is 6.64. The van der Waals surface area contributed by atoms with Crippen molar-refractivity contribution >= 4 is 5.91 Å². The topological polar surface area (TPSA) is 69.6 Å². The maximum absolute atomic E-state index is 11.9. The molecule has 0 saturated carbocycles. The van der Waals surface area contributed by atoms with Crippen molar-refractivity contribution in [2.24, 2.45) is 0 Å². The highest BCUT2D eigenvalue weighted by Gasteiger charge is 2.19. The largest absolute Gasteiger partial charge is 0.394 e. The smallest absolute Gasteiger partial charge is 0.220 e. The maximum atomic E-state index is 11.9. The van der Waals surface area contributed by atoms with Crippen LogP contribution in [-0.2, 0) is 4.79 Å². The Hall–Kier alpha value is -0.610. The van der Waals surface area contributed by atoms with Crippen LogP contribution >= 0.6 is 0 Å². The highest BCUT2D eigenvalue weighted by Crippen LogP contribution is 2.11. The molecule has 2 atom stereocenters. The van der Waals surface area contributed by atoms with Crippen molar-refractivity contribution in [2.45, 2.75) is 109 Å². The Morgan fingerprint density at radius 1 is 0.870 bits per heavy atom. The molecule has 0 saturated heterocycles. The van der Waals surface area contributed by atoms with E-state index in [0.29, 0.717) is 12.8 Å². The lowest BCUT2D eigenvalue weighted by atomic mass is 10.0. The standard InChI is InChI=1S/C19H39NO3/c1-3-5-7-9-11-12-14-18(22)17(16-21)20-19(23)15-13-10-8-6-4-2/h17-18,21-22H,3-16H2,1-2H3,(H,20,23). The summed E-state index contributed by atoms with van der Waals surface area (Å²) in [5.41, 5.74) is 0. The third-order valence-electron chi connectivity index (χ3n) is 4.37. The summed E-state index contributed by atoms with van der Waals surface area (Å²) < 4.78 is 0. The van der Waals surface area contributed by atoms with E-state index < -0.39 is 12.1 Å². The zero-order valence-electron chi connectivity index (χ0n) is 15.4. The van der Waals surface area contributed by atoms with Crippen LogP contribution in [-0.4, -0.2) is 34.9 Å². The fraction of sp³-hybridized carbons (Fsp3) is 0.947. The van der Waals surface area contributed by atoms with Crippen molar-refractivity contribution in [2.75, 3.05) is 6.61 Å². The molecular formula is C19H39NO3. The molecule has 0 rings (SSSR count).